The van der Waals surface area contributed by atoms with Gasteiger partial charge in [0.15, 0.2) is 16.4 Å². The molecule has 0 unspecified atom stereocenters. The summed E-state index contributed by atoms with van der Waals surface area (Å²) in [6, 6.07) is 18.1. The van der Waals surface area contributed by atoms with E-state index < -0.39 is 28.3 Å². The molecule has 1 amide bonds. The summed E-state index contributed by atoms with van der Waals surface area (Å²) in [6.07, 6.45) is 4.53. The van der Waals surface area contributed by atoms with Crippen LogP contribution in [0.1, 0.15) is 58.4 Å². The zero-order valence-corrected chi connectivity index (χ0v) is 26.0. The van der Waals surface area contributed by atoms with Gasteiger partial charge in [-0.25, -0.2) is 18.2 Å². The average Bonchev–Trinajstić information content (AvgIpc) is 3.45. The van der Waals surface area contributed by atoms with Crippen LogP contribution in [0.3, 0.4) is 0 Å². The first-order valence-corrected chi connectivity index (χ1v) is 16.4. The van der Waals surface area contributed by atoms with E-state index in [0.717, 1.165) is 21.8 Å². The number of amides is 1. The smallest absolute Gasteiger partial charge is 0.341 e. The normalized spacial score (nSPS) is 11.6. The highest BCUT2D eigenvalue weighted by Crippen LogP contribution is 2.28. The Kier molecular flexibility index (Phi) is 10.7. The third kappa shape index (κ3) is 9.25. The molecule has 224 valence electrons. The van der Waals surface area contributed by atoms with Crippen molar-refractivity contribution in [1.29, 1.82) is 0 Å². The number of halogens is 1. The summed E-state index contributed by atoms with van der Waals surface area (Å²) in [5.41, 5.74) is 3.28. The number of carboxylic acid groups (broad SMARTS) is 1. The molecule has 8 nitrogen and oxygen atoms in total. The average molecular weight is 639 g/mol. The molecule has 1 heterocycles. The van der Waals surface area contributed by atoms with E-state index in [1.54, 1.807) is 47.7 Å². The molecule has 0 saturated heterocycles. The molecule has 0 aliphatic carbocycles. The Bertz CT molecular complexity index is 1730. The van der Waals surface area contributed by atoms with Crippen molar-refractivity contribution >= 4 is 62.5 Å². The summed E-state index contributed by atoms with van der Waals surface area (Å²) in [5, 5.41) is 15.3. The number of hydrogen-bond acceptors (Lipinski definition) is 7. The van der Waals surface area contributed by atoms with Crippen molar-refractivity contribution in [2.75, 3.05) is 17.7 Å². The van der Waals surface area contributed by atoms with Crippen LogP contribution in [-0.4, -0.2) is 42.7 Å². The minimum absolute atomic E-state index is 0.0757. The van der Waals surface area contributed by atoms with E-state index in [0.29, 0.717) is 29.3 Å². The van der Waals surface area contributed by atoms with Crippen molar-refractivity contribution in [2.24, 2.45) is 0 Å². The molecule has 0 aliphatic rings. The van der Waals surface area contributed by atoms with Crippen molar-refractivity contribution in [3.8, 4) is 5.75 Å². The first-order valence-electron chi connectivity index (χ1n) is 13.5. The predicted molar refractivity (Wildman–Crippen MR) is 171 cm³/mol. The molecule has 43 heavy (non-hydrogen) atoms. The number of rotatable bonds is 13. The Hall–Kier alpha value is -3.99. The number of aryl methyl sites for hydroxylation is 1. The van der Waals surface area contributed by atoms with Crippen LogP contribution < -0.4 is 10.1 Å². The van der Waals surface area contributed by atoms with Crippen LogP contribution in [0.4, 0.5) is 5.69 Å². The molecule has 4 aromatic rings. The number of aromatic nitrogens is 1. The van der Waals surface area contributed by atoms with E-state index in [9.17, 15) is 18.0 Å². The number of hydrogen-bond donors (Lipinski definition) is 2. The molecule has 0 spiro atoms. The van der Waals surface area contributed by atoms with Crippen molar-refractivity contribution in [3.63, 3.8) is 0 Å². The maximum atomic E-state index is 13.2. The van der Waals surface area contributed by atoms with Gasteiger partial charge in [0, 0.05) is 16.0 Å². The van der Waals surface area contributed by atoms with Crippen LogP contribution in [-0.2, 0) is 21.1 Å². The fourth-order valence-electron chi connectivity index (χ4n) is 4.11. The lowest BCUT2D eigenvalue weighted by atomic mass is 10.1. The number of sulfone groups is 1. The zero-order chi connectivity index (χ0) is 31.0. The molecule has 4 rings (SSSR count). The number of nitrogens with zero attached hydrogens (tertiary/aromatic N) is 1. The number of carbonyl (C=O) groups is 2. The van der Waals surface area contributed by atoms with Gasteiger partial charge in [-0.3, -0.25) is 4.79 Å². The van der Waals surface area contributed by atoms with Crippen molar-refractivity contribution in [2.45, 2.75) is 37.5 Å². The summed E-state index contributed by atoms with van der Waals surface area (Å²) < 4.78 is 30.8. The fraction of sp³-hybridized carbons (Fsp3) is 0.219. The summed E-state index contributed by atoms with van der Waals surface area (Å²) in [5.74, 6) is -1.11. The molecule has 2 N–H and O–H groups in total. The van der Waals surface area contributed by atoms with Gasteiger partial charge in [0.2, 0.25) is 0 Å². The van der Waals surface area contributed by atoms with Gasteiger partial charge >= 0.3 is 5.97 Å². The van der Waals surface area contributed by atoms with Gasteiger partial charge in [-0.05, 0) is 84.5 Å². The number of thiazole rings is 1. The molecule has 3 aromatic carbocycles. The quantitative estimate of drug-likeness (QED) is 0.159. The Morgan fingerprint density at radius 3 is 2.53 bits per heavy atom. The SMILES string of the molecule is CC(C)c1csc(C=Cc2cccc(C(=O)Nc3cc(CCCS(=O)(=O)c4ccc(Cl)cc4)ccc3OCC(=O)O)c2)n1. The number of anilines is 1. The fourth-order valence-corrected chi connectivity index (χ4v) is 6.42. The maximum absolute atomic E-state index is 13.2. The first kappa shape index (κ1) is 31.9. The Morgan fingerprint density at radius 2 is 1.84 bits per heavy atom. The molecule has 0 aliphatic heterocycles. The Labute approximate surface area is 259 Å². The minimum Gasteiger partial charge on any atom is -0.480 e. The Morgan fingerprint density at radius 1 is 1.07 bits per heavy atom. The molecule has 0 bridgehead atoms. The lowest BCUT2D eigenvalue weighted by Crippen LogP contribution is -2.15. The van der Waals surface area contributed by atoms with Crippen molar-refractivity contribution < 1.29 is 27.9 Å². The highest BCUT2D eigenvalue weighted by Gasteiger charge is 2.16. The summed E-state index contributed by atoms with van der Waals surface area (Å²) in [4.78, 5) is 29.2. The number of nitrogens with one attached hydrogen (secondary N) is 1. The molecule has 11 heteroatoms. The molecular weight excluding hydrogens is 608 g/mol. The second kappa shape index (κ2) is 14.5. The van der Waals surface area contributed by atoms with Crippen LogP contribution in [0, 0.1) is 0 Å². The van der Waals surface area contributed by atoms with Gasteiger partial charge in [-0.1, -0.05) is 49.7 Å². The van der Waals surface area contributed by atoms with Crippen LogP contribution in [0.25, 0.3) is 12.2 Å². The number of benzene rings is 3. The number of ether oxygens (including phenoxy) is 1. The molecular formula is C32H31ClN2O6S2. The highest BCUT2D eigenvalue weighted by molar-refractivity contribution is 7.91. The highest BCUT2D eigenvalue weighted by atomic mass is 35.5. The van der Waals surface area contributed by atoms with E-state index in [1.165, 1.54) is 24.3 Å². The second-order valence-electron chi connectivity index (χ2n) is 10.1. The van der Waals surface area contributed by atoms with E-state index >= 15 is 0 Å². The maximum Gasteiger partial charge on any atom is 0.341 e. The van der Waals surface area contributed by atoms with Crippen molar-refractivity contribution in [1.82, 2.24) is 4.98 Å². The first-order chi connectivity index (χ1) is 20.5. The Balaban J connectivity index is 1.47. The molecule has 0 radical (unpaired) electrons. The van der Waals surface area contributed by atoms with E-state index in [4.69, 9.17) is 21.4 Å². The van der Waals surface area contributed by atoms with Gasteiger partial charge in [-0.15, -0.1) is 11.3 Å². The largest absolute Gasteiger partial charge is 0.480 e. The van der Waals surface area contributed by atoms with Gasteiger partial charge in [0.05, 0.1) is 22.0 Å². The second-order valence-corrected chi connectivity index (χ2v) is 13.5. The van der Waals surface area contributed by atoms with Crippen LogP contribution >= 0.6 is 22.9 Å². The monoisotopic (exact) mass is 638 g/mol. The number of carbonyl (C=O) groups excluding carboxylic acids is 1. The van der Waals surface area contributed by atoms with E-state index in [-0.39, 0.29) is 22.1 Å². The van der Waals surface area contributed by atoms with Gasteiger partial charge in [0.25, 0.3) is 5.91 Å². The topological polar surface area (TPSA) is 123 Å². The summed E-state index contributed by atoms with van der Waals surface area (Å²) in [7, 11) is -3.50. The van der Waals surface area contributed by atoms with Crippen LogP contribution in [0.5, 0.6) is 5.75 Å². The lowest BCUT2D eigenvalue weighted by Gasteiger charge is -2.14. The molecule has 0 fully saturated rings. The van der Waals surface area contributed by atoms with E-state index in [1.807, 2.05) is 23.6 Å². The molecule has 1 aromatic heterocycles. The van der Waals surface area contributed by atoms with Crippen molar-refractivity contribution in [3.05, 3.63) is 105 Å². The van der Waals surface area contributed by atoms with E-state index in [2.05, 4.69) is 24.1 Å². The molecule has 0 saturated carbocycles. The van der Waals surface area contributed by atoms with Gasteiger partial charge in [0.1, 0.15) is 10.8 Å². The lowest BCUT2D eigenvalue weighted by molar-refractivity contribution is -0.139. The summed E-state index contributed by atoms with van der Waals surface area (Å²) >= 11 is 7.42. The molecule has 0 atom stereocenters. The third-order valence-corrected chi connectivity index (χ3v) is 9.29. The standard InChI is InChI=1S/C32H31ClN2O6S2/c1-21(2)28-20-42-30(34-28)15-9-22-5-3-7-24(17-22)32(38)35-27-18-23(8-14-29(27)41-19-31(36)37)6-4-16-43(39,40)26-12-10-25(33)11-13-26/h3,5,7-15,17-18,20-21H,4,6,16,19H2,1-2H3,(H,35,38)(H,36,37). The van der Waals surface area contributed by atoms with Gasteiger partial charge in [-0.2, -0.15) is 0 Å². The van der Waals surface area contributed by atoms with Crippen LogP contribution in [0.15, 0.2) is 77.0 Å². The minimum atomic E-state index is -3.50. The predicted octanol–water partition coefficient (Wildman–Crippen LogP) is 7.21. The number of carboxylic acids is 1. The van der Waals surface area contributed by atoms with Gasteiger partial charge < -0.3 is 15.2 Å². The van der Waals surface area contributed by atoms with Crippen LogP contribution in [0.2, 0.25) is 5.02 Å². The third-order valence-electron chi connectivity index (χ3n) is 6.39. The number of aliphatic carboxylic acids is 1. The zero-order valence-electron chi connectivity index (χ0n) is 23.6. The summed E-state index contributed by atoms with van der Waals surface area (Å²) in [6.45, 7) is 3.59.